The van der Waals surface area contributed by atoms with Crippen molar-refractivity contribution in [2.45, 2.75) is 259 Å². The van der Waals surface area contributed by atoms with E-state index >= 15 is 0 Å². The summed E-state index contributed by atoms with van der Waals surface area (Å²) in [5.74, 6) is -0.0273. The minimum atomic E-state index is -0.757. The molecule has 0 radical (unpaired) electrons. The number of carbonyl (C=O) groups is 3. The van der Waals surface area contributed by atoms with Gasteiger partial charge in [-0.05, 0) is 25.2 Å². The van der Waals surface area contributed by atoms with Crippen molar-refractivity contribution in [2.75, 3.05) is 13.2 Å². The van der Waals surface area contributed by atoms with Crippen molar-refractivity contribution in [3.63, 3.8) is 0 Å². The van der Waals surface area contributed by atoms with Crippen LogP contribution < -0.4 is 0 Å². The fourth-order valence-electron chi connectivity index (χ4n) is 6.80. The van der Waals surface area contributed by atoms with Crippen LogP contribution in [0.5, 0.6) is 0 Å². The summed E-state index contributed by atoms with van der Waals surface area (Å²) in [6.45, 7) is 8.93. The van der Waals surface area contributed by atoms with E-state index in [4.69, 9.17) is 14.2 Å². The Kier molecular flexibility index (Phi) is 39.4. The van der Waals surface area contributed by atoms with Gasteiger partial charge in [-0.1, -0.05) is 214 Å². The van der Waals surface area contributed by atoms with Crippen molar-refractivity contribution >= 4 is 17.9 Å². The number of hydrogen-bond acceptors (Lipinski definition) is 6. The van der Waals surface area contributed by atoms with Gasteiger partial charge in [0.1, 0.15) is 13.2 Å². The molecule has 0 bridgehead atoms. The number of ether oxygens (including phenoxy) is 3. The molecule has 308 valence electrons. The quantitative estimate of drug-likeness (QED) is 0.0353. The number of unbranched alkanes of at least 4 members (excludes halogenated alkanes) is 28. The van der Waals surface area contributed by atoms with Crippen LogP contribution in [-0.2, 0) is 28.6 Å². The Morgan fingerprint density at radius 3 is 0.942 bits per heavy atom. The summed E-state index contributed by atoms with van der Waals surface area (Å²) in [4.78, 5) is 37.5. The lowest BCUT2D eigenvalue weighted by atomic mass is 10.0. The first-order valence-corrected chi connectivity index (χ1v) is 22.9. The molecular weight excluding hydrogens is 648 g/mol. The predicted octanol–water partition coefficient (Wildman–Crippen LogP) is 14.3. The standard InChI is InChI=1S/C46H88O6/c1-5-7-9-11-12-13-14-16-21-24-27-31-35-39-46(49)52-43(40-50-44(47)37-33-28-10-8-6-2)41-51-45(48)38-34-30-26-23-20-18-15-17-19-22-25-29-32-36-42(3)4/h42-43H,5-41H2,1-4H3/t43-/m0/s1. The van der Waals surface area contributed by atoms with Gasteiger partial charge in [0.25, 0.3) is 0 Å². The molecule has 0 fully saturated rings. The third kappa shape index (κ3) is 39.6. The SMILES string of the molecule is CCCCCCCCCCCCCCCC(=O)O[C@@H](COC(=O)CCCCCCC)COC(=O)CCCCCCCCCCCCCCCC(C)C. The topological polar surface area (TPSA) is 78.9 Å². The van der Waals surface area contributed by atoms with Crippen LogP contribution >= 0.6 is 0 Å². The summed E-state index contributed by atoms with van der Waals surface area (Å²) in [6, 6.07) is 0. The highest BCUT2D eigenvalue weighted by Gasteiger charge is 2.19. The van der Waals surface area contributed by atoms with Crippen molar-refractivity contribution in [3.05, 3.63) is 0 Å². The van der Waals surface area contributed by atoms with Crippen LogP contribution in [0, 0.1) is 5.92 Å². The van der Waals surface area contributed by atoms with Gasteiger partial charge in [0.05, 0.1) is 0 Å². The predicted molar refractivity (Wildman–Crippen MR) is 220 cm³/mol. The highest BCUT2D eigenvalue weighted by atomic mass is 16.6. The van der Waals surface area contributed by atoms with Gasteiger partial charge in [-0.2, -0.15) is 0 Å². The van der Waals surface area contributed by atoms with Gasteiger partial charge in [-0.25, -0.2) is 0 Å². The minimum Gasteiger partial charge on any atom is -0.462 e. The molecule has 0 saturated heterocycles. The Bertz CT molecular complexity index is 781. The van der Waals surface area contributed by atoms with Crippen LogP contribution in [-0.4, -0.2) is 37.2 Å². The summed E-state index contributed by atoms with van der Waals surface area (Å²) in [7, 11) is 0. The Hall–Kier alpha value is -1.59. The first kappa shape index (κ1) is 50.4. The van der Waals surface area contributed by atoms with Crippen LogP contribution in [0.15, 0.2) is 0 Å². The number of esters is 3. The Balaban J connectivity index is 4.16. The van der Waals surface area contributed by atoms with E-state index in [-0.39, 0.29) is 31.1 Å². The van der Waals surface area contributed by atoms with Crippen LogP contribution in [0.4, 0.5) is 0 Å². The largest absolute Gasteiger partial charge is 0.462 e. The van der Waals surface area contributed by atoms with Crippen LogP contribution in [0.2, 0.25) is 0 Å². The molecule has 0 N–H and O–H groups in total. The number of rotatable bonds is 41. The molecule has 0 aromatic carbocycles. The second-order valence-electron chi connectivity index (χ2n) is 16.2. The van der Waals surface area contributed by atoms with E-state index in [1.165, 1.54) is 141 Å². The zero-order chi connectivity index (χ0) is 38.2. The van der Waals surface area contributed by atoms with Crippen LogP contribution in [0.25, 0.3) is 0 Å². The Morgan fingerprint density at radius 1 is 0.365 bits per heavy atom. The lowest BCUT2D eigenvalue weighted by Gasteiger charge is -2.18. The molecule has 0 spiro atoms. The van der Waals surface area contributed by atoms with Gasteiger partial charge < -0.3 is 14.2 Å². The van der Waals surface area contributed by atoms with Gasteiger partial charge in [-0.15, -0.1) is 0 Å². The fourth-order valence-corrected chi connectivity index (χ4v) is 6.80. The monoisotopic (exact) mass is 737 g/mol. The molecule has 0 saturated carbocycles. The molecule has 0 heterocycles. The van der Waals surface area contributed by atoms with Crippen molar-refractivity contribution in [2.24, 2.45) is 5.92 Å². The van der Waals surface area contributed by atoms with Crippen LogP contribution in [0.3, 0.4) is 0 Å². The maximum absolute atomic E-state index is 12.7. The highest BCUT2D eigenvalue weighted by Crippen LogP contribution is 2.16. The molecule has 6 heteroatoms. The average Bonchev–Trinajstić information content (AvgIpc) is 3.12. The van der Waals surface area contributed by atoms with Crippen molar-refractivity contribution in [1.29, 1.82) is 0 Å². The van der Waals surface area contributed by atoms with Crippen molar-refractivity contribution < 1.29 is 28.6 Å². The van der Waals surface area contributed by atoms with Gasteiger partial charge in [-0.3, -0.25) is 14.4 Å². The first-order chi connectivity index (χ1) is 25.4. The lowest BCUT2D eigenvalue weighted by molar-refractivity contribution is -0.167. The number of carbonyl (C=O) groups excluding carboxylic acids is 3. The maximum atomic E-state index is 12.7. The van der Waals surface area contributed by atoms with E-state index in [1.54, 1.807) is 0 Å². The summed E-state index contributed by atoms with van der Waals surface area (Å²) in [5, 5.41) is 0. The van der Waals surface area contributed by atoms with Crippen LogP contribution in [0.1, 0.15) is 252 Å². The summed E-state index contributed by atoms with van der Waals surface area (Å²) >= 11 is 0. The van der Waals surface area contributed by atoms with Gasteiger partial charge >= 0.3 is 17.9 Å². The molecule has 6 nitrogen and oxygen atoms in total. The Morgan fingerprint density at radius 2 is 0.635 bits per heavy atom. The van der Waals surface area contributed by atoms with Gasteiger partial charge in [0, 0.05) is 19.3 Å². The second-order valence-corrected chi connectivity index (χ2v) is 16.2. The molecule has 0 aliphatic heterocycles. The van der Waals surface area contributed by atoms with Crippen molar-refractivity contribution in [1.82, 2.24) is 0 Å². The van der Waals surface area contributed by atoms with E-state index < -0.39 is 6.10 Å². The molecule has 52 heavy (non-hydrogen) atoms. The first-order valence-electron chi connectivity index (χ1n) is 22.9. The van der Waals surface area contributed by atoms with Gasteiger partial charge in [0.2, 0.25) is 0 Å². The van der Waals surface area contributed by atoms with E-state index in [0.717, 1.165) is 70.1 Å². The van der Waals surface area contributed by atoms with E-state index in [0.29, 0.717) is 19.3 Å². The second kappa shape index (κ2) is 40.6. The average molecular weight is 737 g/mol. The van der Waals surface area contributed by atoms with E-state index in [9.17, 15) is 14.4 Å². The third-order valence-electron chi connectivity index (χ3n) is 10.3. The molecule has 0 aromatic rings. The van der Waals surface area contributed by atoms with Crippen molar-refractivity contribution in [3.8, 4) is 0 Å². The van der Waals surface area contributed by atoms with Gasteiger partial charge in [0.15, 0.2) is 6.10 Å². The lowest BCUT2D eigenvalue weighted by Crippen LogP contribution is -2.30. The molecule has 0 amide bonds. The molecule has 0 rings (SSSR count). The summed E-state index contributed by atoms with van der Waals surface area (Å²) in [5.41, 5.74) is 0. The molecule has 0 aliphatic carbocycles. The minimum absolute atomic E-state index is 0.0646. The normalized spacial score (nSPS) is 11.9. The smallest absolute Gasteiger partial charge is 0.306 e. The molecule has 0 aromatic heterocycles. The Labute approximate surface area is 323 Å². The summed E-state index contributed by atoms with van der Waals surface area (Å²) in [6.07, 6.45) is 39.7. The fraction of sp³-hybridized carbons (Fsp3) is 0.935. The third-order valence-corrected chi connectivity index (χ3v) is 10.3. The number of hydrogen-bond donors (Lipinski definition) is 0. The molecule has 0 unspecified atom stereocenters. The maximum Gasteiger partial charge on any atom is 0.306 e. The van der Waals surface area contributed by atoms with E-state index in [2.05, 4.69) is 27.7 Å². The molecular formula is C46H88O6. The zero-order valence-electron chi connectivity index (χ0n) is 35.3. The molecule has 0 aliphatic rings. The van der Waals surface area contributed by atoms with E-state index in [1.807, 2.05) is 0 Å². The highest BCUT2D eigenvalue weighted by molar-refractivity contribution is 5.71. The summed E-state index contributed by atoms with van der Waals surface area (Å²) < 4.78 is 16.6. The zero-order valence-corrected chi connectivity index (χ0v) is 35.3. The molecule has 1 atom stereocenters.